The van der Waals surface area contributed by atoms with Crippen molar-refractivity contribution >= 4 is 46.3 Å². The molecule has 0 radical (unpaired) electrons. The number of hydrogen-bond acceptors (Lipinski definition) is 3. The minimum absolute atomic E-state index is 0.302. The zero-order valence-corrected chi connectivity index (χ0v) is 12.4. The van der Waals surface area contributed by atoms with E-state index in [0.717, 1.165) is 5.69 Å². The van der Waals surface area contributed by atoms with E-state index < -0.39 is 0 Å². The molecule has 0 heterocycles. The number of nitrogens with one attached hydrogen (secondary N) is 1. The molecule has 19 heavy (non-hydrogen) atoms. The summed E-state index contributed by atoms with van der Waals surface area (Å²) < 4.78 is 0. The number of aliphatic imine (C=N–C) groups is 3. The van der Waals surface area contributed by atoms with Crippen molar-refractivity contribution in [2.75, 3.05) is 26.5 Å². The molecule has 1 rings (SSSR count). The summed E-state index contributed by atoms with van der Waals surface area (Å²) in [4.78, 5) is 12.1. The fourth-order valence-electron chi connectivity index (χ4n) is 1.38. The maximum absolute atomic E-state index is 5.95. The van der Waals surface area contributed by atoms with Crippen LogP contribution < -0.4 is 11.1 Å². The summed E-state index contributed by atoms with van der Waals surface area (Å²) in [5.74, 6) is 0.805. The molecule has 0 aliphatic carbocycles. The van der Waals surface area contributed by atoms with Gasteiger partial charge in [0.05, 0.1) is 10.0 Å². The Labute approximate surface area is 122 Å². The second-order valence-corrected chi connectivity index (χ2v) is 4.32. The van der Waals surface area contributed by atoms with E-state index in [2.05, 4.69) is 20.3 Å². The van der Waals surface area contributed by atoms with Crippen molar-refractivity contribution in [1.82, 2.24) is 0 Å². The average molecular weight is 300 g/mol. The van der Waals surface area contributed by atoms with Crippen LogP contribution in [0.15, 0.2) is 33.2 Å². The molecule has 1 aromatic rings. The predicted octanol–water partition coefficient (Wildman–Crippen LogP) is 2.49. The monoisotopic (exact) mass is 299 g/mol. The Kier molecular flexibility index (Phi) is 5.79. The van der Waals surface area contributed by atoms with Gasteiger partial charge in [0.15, 0.2) is 5.84 Å². The smallest absolute Gasteiger partial charge is 0.154 e. The van der Waals surface area contributed by atoms with Gasteiger partial charge in [0, 0.05) is 26.8 Å². The Bertz CT molecular complexity index is 549. The van der Waals surface area contributed by atoms with Crippen molar-refractivity contribution in [3.05, 3.63) is 28.2 Å². The molecule has 0 aliphatic heterocycles. The van der Waals surface area contributed by atoms with Gasteiger partial charge in [-0.1, -0.05) is 23.2 Å². The fraction of sp³-hybridized carbons (Fsp3) is 0.250. The molecule has 0 fully saturated rings. The Morgan fingerprint density at radius 3 is 2.21 bits per heavy atom. The van der Waals surface area contributed by atoms with Crippen LogP contribution in [0.2, 0.25) is 10.0 Å². The molecule has 1 aromatic carbocycles. The normalized spacial score (nSPS) is 13.6. The lowest BCUT2D eigenvalue weighted by Crippen LogP contribution is -2.35. The molecule has 0 aliphatic rings. The third-order valence-electron chi connectivity index (χ3n) is 2.34. The Morgan fingerprint density at radius 1 is 1.05 bits per heavy atom. The van der Waals surface area contributed by atoms with E-state index in [0.29, 0.717) is 27.4 Å². The summed E-state index contributed by atoms with van der Waals surface area (Å²) in [7, 11) is 4.84. The van der Waals surface area contributed by atoms with Crippen LogP contribution in [0.4, 0.5) is 5.69 Å². The minimum atomic E-state index is 0.302. The van der Waals surface area contributed by atoms with E-state index in [9.17, 15) is 0 Å². The highest BCUT2D eigenvalue weighted by Crippen LogP contribution is 2.25. The van der Waals surface area contributed by atoms with Crippen LogP contribution in [0.1, 0.15) is 0 Å². The van der Waals surface area contributed by atoms with Crippen molar-refractivity contribution in [2.45, 2.75) is 0 Å². The highest BCUT2D eigenvalue weighted by molar-refractivity contribution is 6.69. The van der Waals surface area contributed by atoms with Gasteiger partial charge in [-0.25, -0.2) is 0 Å². The van der Waals surface area contributed by atoms with Gasteiger partial charge in [-0.2, -0.15) is 0 Å². The quantitative estimate of drug-likeness (QED) is 0.664. The van der Waals surface area contributed by atoms with Crippen LogP contribution in [0.25, 0.3) is 0 Å². The van der Waals surface area contributed by atoms with Crippen molar-refractivity contribution in [2.24, 2.45) is 20.7 Å². The topological polar surface area (TPSA) is 75.1 Å². The van der Waals surface area contributed by atoms with E-state index in [4.69, 9.17) is 28.9 Å². The largest absolute Gasteiger partial charge is 0.382 e. The maximum Gasteiger partial charge on any atom is 0.154 e. The van der Waals surface area contributed by atoms with Crippen molar-refractivity contribution in [1.29, 1.82) is 0 Å². The first-order chi connectivity index (χ1) is 9.03. The van der Waals surface area contributed by atoms with E-state index >= 15 is 0 Å². The van der Waals surface area contributed by atoms with Crippen LogP contribution in [0, 0.1) is 0 Å². The SMILES string of the molecule is CN=C(Nc1ccc(Cl)c(Cl)c1)C(=N/C)/C(N)=N\C. The molecule has 0 saturated carbocycles. The molecule has 0 bridgehead atoms. The van der Waals surface area contributed by atoms with Gasteiger partial charge in [-0.3, -0.25) is 15.0 Å². The first kappa shape index (κ1) is 15.5. The van der Waals surface area contributed by atoms with Crippen molar-refractivity contribution in [3.63, 3.8) is 0 Å². The number of rotatable bonds is 3. The molecule has 7 heteroatoms. The standard InChI is InChI=1S/C12H15Cl2N5/c1-16-10(11(15)17-2)12(18-3)19-7-4-5-8(13)9(14)6-7/h4-6H,1-3H3,(H2,15,17)(H,18,19)/b16-10+. The Balaban J connectivity index is 3.04. The summed E-state index contributed by atoms with van der Waals surface area (Å²) in [6.07, 6.45) is 0. The Hall–Kier alpha value is -1.59. The Morgan fingerprint density at radius 2 is 1.74 bits per heavy atom. The van der Waals surface area contributed by atoms with E-state index in [-0.39, 0.29) is 0 Å². The van der Waals surface area contributed by atoms with Gasteiger partial charge in [0.2, 0.25) is 0 Å². The highest BCUT2D eigenvalue weighted by Gasteiger charge is 2.12. The number of nitrogens with two attached hydrogens (primary N) is 1. The molecule has 102 valence electrons. The lowest BCUT2D eigenvalue weighted by molar-refractivity contribution is 1.38. The molecular weight excluding hydrogens is 285 g/mol. The van der Waals surface area contributed by atoms with Gasteiger partial charge >= 0.3 is 0 Å². The molecule has 0 aromatic heterocycles. The van der Waals surface area contributed by atoms with Gasteiger partial charge in [-0.15, -0.1) is 0 Å². The number of nitrogens with zero attached hydrogens (tertiary/aromatic N) is 3. The molecule has 0 saturated heterocycles. The van der Waals surface area contributed by atoms with Crippen molar-refractivity contribution in [3.8, 4) is 0 Å². The first-order valence-electron chi connectivity index (χ1n) is 5.42. The fourth-order valence-corrected chi connectivity index (χ4v) is 1.68. The lowest BCUT2D eigenvalue weighted by Gasteiger charge is -2.11. The zero-order valence-electron chi connectivity index (χ0n) is 10.9. The molecule has 0 atom stereocenters. The molecule has 0 unspecified atom stereocenters. The number of anilines is 1. The summed E-state index contributed by atoms with van der Waals surface area (Å²) in [6.45, 7) is 0. The third-order valence-corrected chi connectivity index (χ3v) is 3.08. The maximum atomic E-state index is 5.95. The van der Waals surface area contributed by atoms with E-state index in [1.807, 2.05) is 0 Å². The van der Waals surface area contributed by atoms with Gasteiger partial charge in [0.25, 0.3) is 0 Å². The highest BCUT2D eigenvalue weighted by atomic mass is 35.5. The number of hydrogen-bond donors (Lipinski definition) is 2. The minimum Gasteiger partial charge on any atom is -0.382 e. The molecule has 0 spiro atoms. The van der Waals surface area contributed by atoms with Gasteiger partial charge < -0.3 is 11.1 Å². The van der Waals surface area contributed by atoms with Crippen LogP contribution in [0.5, 0.6) is 0 Å². The van der Waals surface area contributed by atoms with Crippen LogP contribution in [0.3, 0.4) is 0 Å². The second kappa shape index (κ2) is 7.11. The van der Waals surface area contributed by atoms with Gasteiger partial charge in [0.1, 0.15) is 11.5 Å². The summed E-state index contributed by atoms with van der Waals surface area (Å²) in [5, 5.41) is 4.02. The van der Waals surface area contributed by atoms with Crippen molar-refractivity contribution < 1.29 is 0 Å². The average Bonchev–Trinajstić information content (AvgIpc) is 2.42. The van der Waals surface area contributed by atoms with Crippen LogP contribution >= 0.6 is 23.2 Å². The molecule has 5 nitrogen and oxygen atoms in total. The molecule has 3 N–H and O–H groups in total. The van der Waals surface area contributed by atoms with E-state index in [1.54, 1.807) is 39.3 Å². The number of benzene rings is 1. The summed E-state index contributed by atoms with van der Waals surface area (Å²) >= 11 is 11.8. The predicted molar refractivity (Wildman–Crippen MR) is 84.3 cm³/mol. The summed E-state index contributed by atoms with van der Waals surface area (Å²) in [6, 6.07) is 5.17. The molecular formula is C12H15Cl2N5. The molecule has 0 amide bonds. The lowest BCUT2D eigenvalue weighted by atomic mass is 10.2. The van der Waals surface area contributed by atoms with Crippen LogP contribution in [-0.4, -0.2) is 38.5 Å². The third kappa shape index (κ3) is 3.94. The van der Waals surface area contributed by atoms with Gasteiger partial charge in [-0.05, 0) is 18.2 Å². The summed E-state index contributed by atoms with van der Waals surface area (Å²) in [5.41, 5.74) is 6.98. The van der Waals surface area contributed by atoms with E-state index in [1.165, 1.54) is 0 Å². The zero-order chi connectivity index (χ0) is 14.4. The number of amidine groups is 2. The van der Waals surface area contributed by atoms with Crippen LogP contribution in [-0.2, 0) is 0 Å². The first-order valence-corrected chi connectivity index (χ1v) is 6.17. The number of halogens is 2. The second-order valence-electron chi connectivity index (χ2n) is 3.51.